The van der Waals surface area contributed by atoms with Crippen LogP contribution in [0.2, 0.25) is 0 Å². The predicted octanol–water partition coefficient (Wildman–Crippen LogP) is 3.69. The molecule has 152 valence electrons. The SMILES string of the molecule is C=S1(=O)C[C@@](C)(c2sc(-c3cccc(-c4nnco4)c3)cc2F)N=C(N)C1(C)C. The van der Waals surface area contributed by atoms with Crippen molar-refractivity contribution in [3.8, 4) is 21.9 Å². The summed E-state index contributed by atoms with van der Waals surface area (Å²) in [4.78, 5) is 5.68. The zero-order chi connectivity index (χ0) is 21.0. The van der Waals surface area contributed by atoms with Gasteiger partial charge < -0.3 is 10.2 Å². The molecule has 0 fully saturated rings. The lowest BCUT2D eigenvalue weighted by molar-refractivity contribution is 0.506. The van der Waals surface area contributed by atoms with Crippen molar-refractivity contribution >= 4 is 32.6 Å². The highest BCUT2D eigenvalue weighted by atomic mass is 32.2. The van der Waals surface area contributed by atoms with Crippen molar-refractivity contribution in [2.45, 2.75) is 31.1 Å². The molecule has 2 aromatic heterocycles. The number of halogens is 1. The number of hydrogen-bond donors (Lipinski definition) is 1. The number of rotatable bonds is 3. The predicted molar refractivity (Wildman–Crippen MR) is 116 cm³/mol. The fraction of sp³-hybridized carbons (Fsp3) is 0.300. The fourth-order valence-corrected chi connectivity index (χ4v) is 6.47. The molecule has 0 bridgehead atoms. The summed E-state index contributed by atoms with van der Waals surface area (Å²) >= 11 is 1.27. The third-order valence-electron chi connectivity index (χ3n) is 5.36. The molecule has 1 aliphatic rings. The number of aromatic nitrogens is 2. The summed E-state index contributed by atoms with van der Waals surface area (Å²) in [7, 11) is -2.62. The smallest absolute Gasteiger partial charge is 0.247 e. The number of amidine groups is 1. The van der Waals surface area contributed by atoms with Gasteiger partial charge in [0, 0.05) is 16.2 Å². The Kier molecular flexibility index (Phi) is 4.43. The van der Waals surface area contributed by atoms with Gasteiger partial charge in [-0.05, 0) is 59.9 Å². The number of aliphatic imine (C=N–C) groups is 1. The molecule has 0 amide bonds. The quantitative estimate of drug-likeness (QED) is 0.637. The second-order valence-electron chi connectivity index (χ2n) is 7.85. The highest BCUT2D eigenvalue weighted by Crippen LogP contribution is 2.43. The Hall–Kier alpha value is -2.52. The molecule has 3 aromatic rings. The molecule has 0 saturated heterocycles. The molecule has 1 aromatic carbocycles. The van der Waals surface area contributed by atoms with Crippen LogP contribution in [0.5, 0.6) is 0 Å². The lowest BCUT2D eigenvalue weighted by atomic mass is 10.0. The van der Waals surface area contributed by atoms with Gasteiger partial charge in [0.25, 0.3) is 0 Å². The van der Waals surface area contributed by atoms with Crippen LogP contribution in [0.3, 0.4) is 0 Å². The first kappa shape index (κ1) is 19.8. The summed E-state index contributed by atoms with van der Waals surface area (Å²) in [5, 5.41) is 7.60. The summed E-state index contributed by atoms with van der Waals surface area (Å²) in [6.45, 7) is 5.29. The van der Waals surface area contributed by atoms with E-state index in [0.717, 1.165) is 11.1 Å². The maximum Gasteiger partial charge on any atom is 0.247 e. The summed E-state index contributed by atoms with van der Waals surface area (Å²) in [5.74, 6) is 4.27. The van der Waals surface area contributed by atoms with E-state index >= 15 is 4.39 Å². The monoisotopic (exact) mass is 432 g/mol. The average Bonchev–Trinajstić information content (AvgIpc) is 3.30. The van der Waals surface area contributed by atoms with Gasteiger partial charge in [-0.15, -0.1) is 21.5 Å². The van der Waals surface area contributed by atoms with Crippen LogP contribution in [0.4, 0.5) is 4.39 Å². The molecule has 9 heteroatoms. The van der Waals surface area contributed by atoms with E-state index in [9.17, 15) is 4.21 Å². The molecule has 1 unspecified atom stereocenters. The van der Waals surface area contributed by atoms with Crippen molar-refractivity contribution in [3.63, 3.8) is 0 Å². The van der Waals surface area contributed by atoms with Crippen molar-refractivity contribution in [1.82, 2.24) is 10.2 Å². The van der Waals surface area contributed by atoms with Crippen molar-refractivity contribution in [2.75, 3.05) is 5.75 Å². The Morgan fingerprint density at radius 2 is 2.00 bits per heavy atom. The fourth-order valence-electron chi connectivity index (χ4n) is 3.36. The van der Waals surface area contributed by atoms with Crippen LogP contribution in [0.25, 0.3) is 21.9 Å². The standard InChI is InChI=1S/C20H21FN4O2S2/c1-19(2)18(22)24-20(3,10-29(19,4)26)16-14(21)9-15(28-16)12-6-5-7-13(8-12)17-25-23-11-27-17/h5-9,11H,4,10H2,1-3H3,(H2,22,24)/t20-,29?/m0/s1. The lowest BCUT2D eigenvalue weighted by Gasteiger charge is -2.40. The molecule has 2 N–H and O–H groups in total. The van der Waals surface area contributed by atoms with Crippen LogP contribution in [0.1, 0.15) is 25.6 Å². The molecule has 0 radical (unpaired) electrons. The lowest BCUT2D eigenvalue weighted by Crippen LogP contribution is -2.54. The Bertz CT molecular complexity index is 1210. The van der Waals surface area contributed by atoms with Gasteiger partial charge in [-0.3, -0.25) is 9.20 Å². The molecule has 1 aliphatic heterocycles. The molecule has 4 rings (SSSR count). The van der Waals surface area contributed by atoms with Crippen molar-refractivity contribution in [3.05, 3.63) is 47.4 Å². The van der Waals surface area contributed by atoms with Gasteiger partial charge in [0.15, 0.2) is 0 Å². The van der Waals surface area contributed by atoms with E-state index in [1.807, 2.05) is 24.3 Å². The third kappa shape index (κ3) is 3.18. The van der Waals surface area contributed by atoms with Crippen molar-refractivity contribution in [2.24, 2.45) is 10.7 Å². The average molecular weight is 433 g/mol. The van der Waals surface area contributed by atoms with Gasteiger partial charge in [0.1, 0.15) is 17.2 Å². The van der Waals surface area contributed by atoms with E-state index in [0.29, 0.717) is 15.6 Å². The second kappa shape index (κ2) is 6.50. The van der Waals surface area contributed by atoms with Crippen LogP contribution in [0, 0.1) is 5.82 Å². The third-order valence-corrected chi connectivity index (χ3v) is 9.87. The zero-order valence-electron chi connectivity index (χ0n) is 16.3. The number of benzene rings is 1. The Balaban J connectivity index is 1.78. The number of thiophene rings is 1. The number of nitrogens with two attached hydrogens (primary N) is 1. The van der Waals surface area contributed by atoms with E-state index in [2.05, 4.69) is 21.1 Å². The largest absolute Gasteiger partial charge is 0.423 e. The zero-order valence-corrected chi connectivity index (χ0v) is 17.9. The highest BCUT2D eigenvalue weighted by Gasteiger charge is 2.46. The van der Waals surface area contributed by atoms with E-state index in [4.69, 9.17) is 10.2 Å². The van der Waals surface area contributed by atoms with Gasteiger partial charge >= 0.3 is 0 Å². The first-order valence-corrected chi connectivity index (χ1v) is 11.6. The van der Waals surface area contributed by atoms with Crippen LogP contribution in [-0.2, 0) is 15.1 Å². The Morgan fingerprint density at radius 1 is 1.28 bits per heavy atom. The molecule has 6 nitrogen and oxygen atoms in total. The van der Waals surface area contributed by atoms with Crippen LogP contribution in [-0.4, -0.2) is 36.6 Å². The second-order valence-corrected chi connectivity index (χ2v) is 11.8. The maximum absolute atomic E-state index is 15.0. The summed E-state index contributed by atoms with van der Waals surface area (Å²) < 4.78 is 32.6. The van der Waals surface area contributed by atoms with Gasteiger partial charge in [0.05, 0.1) is 9.62 Å². The van der Waals surface area contributed by atoms with E-state index in [-0.39, 0.29) is 11.6 Å². The molecule has 0 spiro atoms. The molecule has 3 heterocycles. The summed E-state index contributed by atoms with van der Waals surface area (Å²) in [6.07, 6.45) is 1.26. The molecular formula is C20H21FN4O2S2. The van der Waals surface area contributed by atoms with Gasteiger partial charge in [-0.1, -0.05) is 12.1 Å². The summed E-state index contributed by atoms with van der Waals surface area (Å²) in [6, 6.07) is 8.89. The topological polar surface area (TPSA) is 94.4 Å². The molecule has 0 saturated carbocycles. The molecule has 29 heavy (non-hydrogen) atoms. The molecule has 0 aliphatic carbocycles. The number of hydrogen-bond acceptors (Lipinski definition) is 7. The van der Waals surface area contributed by atoms with Crippen LogP contribution < -0.4 is 5.73 Å². The van der Waals surface area contributed by atoms with Gasteiger partial charge in [0.2, 0.25) is 12.3 Å². The Labute approximate surface area is 172 Å². The summed E-state index contributed by atoms with van der Waals surface area (Å²) in [5.41, 5.74) is 6.65. The minimum absolute atomic E-state index is 0.132. The minimum Gasteiger partial charge on any atom is -0.423 e. The van der Waals surface area contributed by atoms with E-state index < -0.39 is 25.6 Å². The number of nitrogens with zero attached hydrogens (tertiary/aromatic N) is 3. The van der Waals surface area contributed by atoms with E-state index in [1.54, 1.807) is 20.8 Å². The minimum atomic E-state index is -2.62. The highest BCUT2D eigenvalue weighted by molar-refractivity contribution is 8.02. The van der Waals surface area contributed by atoms with Gasteiger partial charge in [-0.2, -0.15) is 0 Å². The van der Waals surface area contributed by atoms with Gasteiger partial charge in [-0.25, -0.2) is 4.39 Å². The van der Waals surface area contributed by atoms with Crippen molar-refractivity contribution < 1.29 is 13.0 Å². The normalized spacial score (nSPS) is 26.3. The van der Waals surface area contributed by atoms with E-state index in [1.165, 1.54) is 23.8 Å². The maximum atomic E-state index is 15.0. The van der Waals surface area contributed by atoms with Crippen LogP contribution >= 0.6 is 11.3 Å². The first-order valence-electron chi connectivity index (χ1n) is 8.91. The first-order chi connectivity index (χ1) is 13.5. The Morgan fingerprint density at radius 3 is 2.66 bits per heavy atom. The molecule has 2 atom stereocenters. The van der Waals surface area contributed by atoms with Crippen molar-refractivity contribution in [1.29, 1.82) is 0 Å². The van der Waals surface area contributed by atoms with Crippen LogP contribution in [0.15, 0.2) is 46.1 Å². The molecular weight excluding hydrogens is 411 g/mol.